The Morgan fingerprint density at radius 2 is 1.84 bits per heavy atom. The Bertz CT molecular complexity index is 1100. The average molecular weight is 417 g/mol. The minimum Gasteiger partial charge on any atom is -0.497 e. The molecular formula is C24H23N3O4. The SMILES string of the molecule is COc1ccc(/C=C/C(=O)Oc2cccc(/C=N\NC(=O)Cc3cccn3C)c2)cc1. The van der Waals surface area contributed by atoms with Gasteiger partial charge in [0.25, 0.3) is 0 Å². The summed E-state index contributed by atoms with van der Waals surface area (Å²) in [6.45, 7) is 0. The van der Waals surface area contributed by atoms with Gasteiger partial charge in [-0.05, 0) is 53.6 Å². The van der Waals surface area contributed by atoms with Gasteiger partial charge in [-0.15, -0.1) is 0 Å². The van der Waals surface area contributed by atoms with Crippen molar-refractivity contribution in [3.63, 3.8) is 0 Å². The van der Waals surface area contributed by atoms with Crippen molar-refractivity contribution in [3.8, 4) is 11.5 Å². The molecule has 0 spiro atoms. The van der Waals surface area contributed by atoms with Gasteiger partial charge in [0.05, 0.1) is 19.7 Å². The summed E-state index contributed by atoms with van der Waals surface area (Å²) in [6, 6.07) is 17.9. The molecule has 0 saturated heterocycles. The zero-order valence-electron chi connectivity index (χ0n) is 17.3. The van der Waals surface area contributed by atoms with Crippen LogP contribution >= 0.6 is 0 Å². The number of benzene rings is 2. The van der Waals surface area contributed by atoms with E-state index in [1.54, 1.807) is 37.5 Å². The maximum Gasteiger partial charge on any atom is 0.336 e. The molecule has 7 nitrogen and oxygen atoms in total. The Balaban J connectivity index is 1.52. The number of aryl methyl sites for hydroxylation is 1. The van der Waals surface area contributed by atoms with Crippen LogP contribution in [0.1, 0.15) is 16.8 Å². The number of rotatable bonds is 8. The number of nitrogens with zero attached hydrogens (tertiary/aromatic N) is 2. The number of esters is 1. The third-order valence-electron chi connectivity index (χ3n) is 4.40. The highest BCUT2D eigenvalue weighted by atomic mass is 16.5. The van der Waals surface area contributed by atoms with Gasteiger partial charge in [-0.3, -0.25) is 4.79 Å². The quantitative estimate of drug-likeness (QED) is 0.200. The molecule has 0 unspecified atom stereocenters. The van der Waals surface area contributed by atoms with Crippen molar-refractivity contribution >= 4 is 24.2 Å². The summed E-state index contributed by atoms with van der Waals surface area (Å²) in [5, 5.41) is 3.96. The maximum atomic E-state index is 12.1. The Kier molecular flexibility index (Phi) is 7.37. The van der Waals surface area contributed by atoms with Gasteiger partial charge in [0, 0.05) is 25.0 Å². The summed E-state index contributed by atoms with van der Waals surface area (Å²) in [4.78, 5) is 24.0. The predicted molar refractivity (Wildman–Crippen MR) is 119 cm³/mol. The monoisotopic (exact) mass is 417 g/mol. The number of amides is 1. The number of nitrogens with one attached hydrogen (secondary N) is 1. The van der Waals surface area contributed by atoms with Gasteiger partial charge < -0.3 is 14.0 Å². The van der Waals surface area contributed by atoms with Crippen LogP contribution in [0.15, 0.2) is 78.0 Å². The van der Waals surface area contributed by atoms with E-state index in [4.69, 9.17) is 9.47 Å². The van der Waals surface area contributed by atoms with Crippen molar-refractivity contribution in [3.05, 3.63) is 89.8 Å². The Labute approximate surface area is 180 Å². The summed E-state index contributed by atoms with van der Waals surface area (Å²) in [6.07, 6.45) is 6.62. The molecule has 1 aromatic heterocycles. The fourth-order valence-corrected chi connectivity index (χ4v) is 2.75. The first kappa shape index (κ1) is 21.6. The lowest BCUT2D eigenvalue weighted by molar-refractivity contribution is -0.129. The molecule has 3 aromatic rings. The number of aromatic nitrogens is 1. The third kappa shape index (κ3) is 6.71. The fourth-order valence-electron chi connectivity index (χ4n) is 2.75. The lowest BCUT2D eigenvalue weighted by atomic mass is 10.2. The number of hydrogen-bond acceptors (Lipinski definition) is 5. The van der Waals surface area contributed by atoms with Gasteiger partial charge in [-0.2, -0.15) is 5.10 Å². The highest BCUT2D eigenvalue weighted by Gasteiger charge is 2.05. The van der Waals surface area contributed by atoms with Crippen molar-refractivity contribution in [1.29, 1.82) is 0 Å². The first-order valence-corrected chi connectivity index (χ1v) is 9.59. The van der Waals surface area contributed by atoms with Crippen LogP contribution in [0, 0.1) is 0 Å². The van der Waals surface area contributed by atoms with Crippen LogP contribution in [0.4, 0.5) is 0 Å². The van der Waals surface area contributed by atoms with Gasteiger partial charge in [-0.25, -0.2) is 10.2 Å². The molecule has 0 radical (unpaired) electrons. The molecular weight excluding hydrogens is 394 g/mol. The number of carbonyl (C=O) groups is 2. The lowest BCUT2D eigenvalue weighted by Gasteiger charge is -2.03. The van der Waals surface area contributed by atoms with E-state index in [0.29, 0.717) is 11.3 Å². The van der Waals surface area contributed by atoms with Gasteiger partial charge in [0.1, 0.15) is 11.5 Å². The predicted octanol–water partition coefficient (Wildman–Crippen LogP) is 3.35. The summed E-state index contributed by atoms with van der Waals surface area (Å²) in [5.74, 6) is 0.405. The van der Waals surface area contributed by atoms with Crippen molar-refractivity contribution in [2.24, 2.45) is 12.1 Å². The van der Waals surface area contributed by atoms with Gasteiger partial charge >= 0.3 is 5.97 Å². The maximum absolute atomic E-state index is 12.1. The molecule has 3 rings (SSSR count). The van der Waals surface area contributed by atoms with E-state index in [1.807, 2.05) is 54.2 Å². The molecule has 1 amide bonds. The zero-order chi connectivity index (χ0) is 22.1. The summed E-state index contributed by atoms with van der Waals surface area (Å²) in [7, 11) is 3.48. The van der Waals surface area contributed by atoms with Crippen LogP contribution in [-0.2, 0) is 23.1 Å². The second-order valence-corrected chi connectivity index (χ2v) is 6.68. The van der Waals surface area contributed by atoms with E-state index in [2.05, 4.69) is 10.5 Å². The Hall–Kier alpha value is -4.13. The van der Waals surface area contributed by atoms with Crippen molar-refractivity contribution in [2.45, 2.75) is 6.42 Å². The molecule has 0 bridgehead atoms. The smallest absolute Gasteiger partial charge is 0.336 e. The minimum atomic E-state index is -0.499. The van der Waals surface area contributed by atoms with Crippen LogP contribution in [0.2, 0.25) is 0 Å². The molecule has 7 heteroatoms. The molecule has 0 aliphatic carbocycles. The largest absolute Gasteiger partial charge is 0.497 e. The van der Waals surface area contributed by atoms with Gasteiger partial charge in [-0.1, -0.05) is 24.3 Å². The summed E-state index contributed by atoms with van der Waals surface area (Å²) in [5.41, 5.74) is 4.92. The number of methoxy groups -OCH3 is 1. The van der Waals surface area contributed by atoms with Crippen molar-refractivity contribution in [2.75, 3.05) is 7.11 Å². The van der Waals surface area contributed by atoms with E-state index in [1.165, 1.54) is 12.3 Å². The van der Waals surface area contributed by atoms with E-state index < -0.39 is 5.97 Å². The van der Waals surface area contributed by atoms with Crippen molar-refractivity contribution < 1.29 is 19.1 Å². The summed E-state index contributed by atoms with van der Waals surface area (Å²) >= 11 is 0. The van der Waals surface area contributed by atoms with Crippen molar-refractivity contribution in [1.82, 2.24) is 9.99 Å². The Morgan fingerprint density at radius 1 is 1.03 bits per heavy atom. The number of carbonyl (C=O) groups excluding carboxylic acids is 2. The second-order valence-electron chi connectivity index (χ2n) is 6.68. The van der Waals surface area contributed by atoms with Crippen LogP contribution < -0.4 is 14.9 Å². The summed E-state index contributed by atoms with van der Waals surface area (Å²) < 4.78 is 12.3. The topological polar surface area (TPSA) is 81.9 Å². The van der Waals surface area contributed by atoms with E-state index in [0.717, 1.165) is 17.0 Å². The molecule has 0 fully saturated rings. The third-order valence-corrected chi connectivity index (χ3v) is 4.40. The molecule has 0 aliphatic rings. The van der Waals surface area contributed by atoms with Gasteiger partial charge in [0.2, 0.25) is 5.91 Å². The average Bonchev–Trinajstić information content (AvgIpc) is 3.17. The second kappa shape index (κ2) is 10.6. The number of hydrogen-bond donors (Lipinski definition) is 1. The van der Waals surface area contributed by atoms with Crippen LogP contribution in [0.25, 0.3) is 6.08 Å². The van der Waals surface area contributed by atoms with E-state index in [9.17, 15) is 9.59 Å². The standard InChI is InChI=1S/C24H23N3O4/c1-27-14-4-6-20(27)16-23(28)26-25-17-19-5-3-7-22(15-19)31-24(29)13-10-18-8-11-21(30-2)12-9-18/h3-15,17H,16H2,1-2H3,(H,26,28)/b13-10+,25-17-. The van der Waals surface area contributed by atoms with E-state index in [-0.39, 0.29) is 12.3 Å². The van der Waals surface area contributed by atoms with Crippen LogP contribution in [-0.4, -0.2) is 29.8 Å². The molecule has 1 N–H and O–H groups in total. The normalized spacial score (nSPS) is 11.0. The van der Waals surface area contributed by atoms with Gasteiger partial charge in [0.15, 0.2) is 0 Å². The Morgan fingerprint density at radius 3 is 2.55 bits per heavy atom. The van der Waals surface area contributed by atoms with E-state index >= 15 is 0 Å². The number of hydrazone groups is 1. The molecule has 31 heavy (non-hydrogen) atoms. The molecule has 158 valence electrons. The molecule has 1 heterocycles. The highest BCUT2D eigenvalue weighted by Crippen LogP contribution is 2.14. The highest BCUT2D eigenvalue weighted by molar-refractivity contribution is 5.89. The van der Waals surface area contributed by atoms with Crippen LogP contribution in [0.3, 0.4) is 0 Å². The lowest BCUT2D eigenvalue weighted by Crippen LogP contribution is -2.20. The number of ether oxygens (including phenoxy) is 2. The van der Waals surface area contributed by atoms with Crippen LogP contribution in [0.5, 0.6) is 11.5 Å². The molecule has 0 aliphatic heterocycles. The fraction of sp³-hybridized carbons (Fsp3) is 0.125. The first-order valence-electron chi connectivity index (χ1n) is 9.59. The molecule has 0 saturated carbocycles. The molecule has 2 aromatic carbocycles. The first-order chi connectivity index (χ1) is 15.0. The zero-order valence-corrected chi connectivity index (χ0v) is 17.3. The molecule has 0 atom stereocenters. The minimum absolute atomic E-state index is 0.218.